The summed E-state index contributed by atoms with van der Waals surface area (Å²) in [6.45, 7) is 8.19. The van der Waals surface area contributed by atoms with Gasteiger partial charge in [-0.3, -0.25) is 0 Å². The highest BCUT2D eigenvalue weighted by molar-refractivity contribution is 4.73. The minimum atomic E-state index is 0.196. The Kier molecular flexibility index (Phi) is 7.04. The van der Waals surface area contributed by atoms with Gasteiger partial charge in [-0.25, -0.2) is 0 Å². The minimum absolute atomic E-state index is 0.196. The molecule has 2 N–H and O–H groups in total. The Morgan fingerprint density at radius 1 is 1.35 bits per heavy atom. The third-order valence-electron chi connectivity index (χ3n) is 3.47. The Bertz CT molecular complexity index is 191. The van der Waals surface area contributed by atoms with E-state index in [1.54, 1.807) is 0 Å². The van der Waals surface area contributed by atoms with Gasteiger partial charge in [-0.05, 0) is 52.9 Å². The molecule has 1 rings (SSSR count). The van der Waals surface area contributed by atoms with Crippen LogP contribution < -0.4 is 5.73 Å². The molecule has 17 heavy (non-hydrogen) atoms. The molecule has 0 aromatic rings. The predicted octanol–water partition coefficient (Wildman–Crippen LogP) is 0.624. The van der Waals surface area contributed by atoms with Crippen molar-refractivity contribution >= 4 is 0 Å². The smallest absolute Gasteiger partial charge is 0.0669 e. The van der Waals surface area contributed by atoms with E-state index >= 15 is 0 Å². The molecule has 0 spiro atoms. The molecule has 1 aliphatic rings. The van der Waals surface area contributed by atoms with Gasteiger partial charge in [0.25, 0.3) is 0 Å². The molecule has 0 saturated carbocycles. The molecule has 0 radical (unpaired) electrons. The molecular weight excluding hydrogens is 214 g/mol. The highest BCUT2D eigenvalue weighted by Gasteiger charge is 2.19. The largest absolute Gasteiger partial charge is 0.376 e. The number of rotatable bonds is 7. The van der Waals surface area contributed by atoms with Gasteiger partial charge < -0.3 is 20.3 Å². The second-order valence-corrected chi connectivity index (χ2v) is 5.46. The fraction of sp³-hybridized carbons (Fsp3) is 1.00. The molecule has 1 unspecified atom stereocenters. The first-order valence-electron chi connectivity index (χ1n) is 6.80. The van der Waals surface area contributed by atoms with E-state index in [0.717, 1.165) is 19.1 Å². The van der Waals surface area contributed by atoms with Gasteiger partial charge >= 0.3 is 0 Å². The third kappa shape index (κ3) is 6.36. The van der Waals surface area contributed by atoms with E-state index in [2.05, 4.69) is 23.9 Å². The Morgan fingerprint density at radius 2 is 2.00 bits per heavy atom. The Morgan fingerprint density at radius 3 is 2.53 bits per heavy atom. The summed E-state index contributed by atoms with van der Waals surface area (Å²) in [5, 5.41) is 0. The zero-order valence-electron chi connectivity index (χ0n) is 11.7. The third-order valence-corrected chi connectivity index (χ3v) is 3.47. The van der Waals surface area contributed by atoms with Crippen molar-refractivity contribution in [2.75, 3.05) is 53.4 Å². The summed E-state index contributed by atoms with van der Waals surface area (Å²) in [7, 11) is 4.32. The zero-order valence-corrected chi connectivity index (χ0v) is 11.7. The average Bonchev–Trinajstić information content (AvgIpc) is 2.30. The van der Waals surface area contributed by atoms with Crippen molar-refractivity contribution in [2.24, 2.45) is 11.7 Å². The van der Waals surface area contributed by atoms with E-state index in [-0.39, 0.29) is 6.10 Å². The van der Waals surface area contributed by atoms with Gasteiger partial charge in [-0.2, -0.15) is 0 Å². The molecule has 0 aliphatic carbocycles. The quantitative estimate of drug-likeness (QED) is 0.712. The van der Waals surface area contributed by atoms with Crippen molar-refractivity contribution in [1.82, 2.24) is 9.80 Å². The standard InChI is InChI=1S/C13H29N3O/c1-12(10-14)17-9-8-16-6-4-13(5-7-16)11-15(2)3/h12-13H,4-11,14H2,1-3H3. The van der Waals surface area contributed by atoms with Gasteiger partial charge in [0.1, 0.15) is 0 Å². The number of hydrogen-bond donors (Lipinski definition) is 1. The lowest BCUT2D eigenvalue weighted by Crippen LogP contribution is -2.39. The number of ether oxygens (including phenoxy) is 1. The molecule has 1 atom stereocenters. The number of likely N-dealkylation sites (tertiary alicyclic amines) is 1. The lowest BCUT2D eigenvalue weighted by Gasteiger charge is -2.33. The van der Waals surface area contributed by atoms with Crippen molar-refractivity contribution in [3.63, 3.8) is 0 Å². The monoisotopic (exact) mass is 243 g/mol. The molecule has 0 amide bonds. The molecule has 1 heterocycles. The van der Waals surface area contributed by atoms with Gasteiger partial charge in [0.15, 0.2) is 0 Å². The number of nitrogens with zero attached hydrogens (tertiary/aromatic N) is 2. The van der Waals surface area contributed by atoms with Crippen molar-refractivity contribution < 1.29 is 4.74 Å². The minimum Gasteiger partial charge on any atom is -0.376 e. The van der Waals surface area contributed by atoms with E-state index < -0.39 is 0 Å². The van der Waals surface area contributed by atoms with Crippen LogP contribution >= 0.6 is 0 Å². The Labute approximate surface area is 106 Å². The fourth-order valence-electron chi connectivity index (χ4n) is 2.36. The van der Waals surface area contributed by atoms with E-state index in [1.165, 1.54) is 32.5 Å². The van der Waals surface area contributed by atoms with Crippen molar-refractivity contribution in [3.05, 3.63) is 0 Å². The van der Waals surface area contributed by atoms with E-state index in [1.807, 2.05) is 6.92 Å². The van der Waals surface area contributed by atoms with E-state index in [4.69, 9.17) is 10.5 Å². The molecular formula is C13H29N3O. The van der Waals surface area contributed by atoms with Crippen molar-refractivity contribution in [3.8, 4) is 0 Å². The SMILES string of the molecule is CC(CN)OCCN1CCC(CN(C)C)CC1. The zero-order chi connectivity index (χ0) is 12.7. The van der Waals surface area contributed by atoms with Gasteiger partial charge in [0.05, 0.1) is 12.7 Å². The number of hydrogen-bond acceptors (Lipinski definition) is 4. The molecule has 1 fully saturated rings. The van der Waals surface area contributed by atoms with Crippen LogP contribution in [0.25, 0.3) is 0 Å². The first-order chi connectivity index (χ1) is 8.11. The maximum Gasteiger partial charge on any atom is 0.0669 e. The summed E-state index contributed by atoms with van der Waals surface area (Å²) in [5.41, 5.74) is 5.51. The molecule has 1 saturated heterocycles. The molecule has 4 heteroatoms. The summed E-state index contributed by atoms with van der Waals surface area (Å²) in [5.74, 6) is 0.880. The van der Waals surface area contributed by atoms with Crippen molar-refractivity contribution in [1.29, 1.82) is 0 Å². The topological polar surface area (TPSA) is 41.7 Å². The van der Waals surface area contributed by atoms with Gasteiger partial charge in [-0.15, -0.1) is 0 Å². The summed E-state index contributed by atoms with van der Waals surface area (Å²) >= 11 is 0. The molecule has 0 aromatic heterocycles. The van der Waals surface area contributed by atoms with Crippen LogP contribution in [0.5, 0.6) is 0 Å². The second kappa shape index (κ2) is 8.03. The average molecular weight is 243 g/mol. The summed E-state index contributed by atoms with van der Waals surface area (Å²) in [4.78, 5) is 4.81. The number of piperidine rings is 1. The van der Waals surface area contributed by atoms with Crippen LogP contribution in [0.3, 0.4) is 0 Å². The van der Waals surface area contributed by atoms with Crippen LogP contribution in [0.2, 0.25) is 0 Å². The second-order valence-electron chi connectivity index (χ2n) is 5.46. The van der Waals surface area contributed by atoms with Gasteiger partial charge in [0, 0.05) is 19.6 Å². The van der Waals surface area contributed by atoms with Gasteiger partial charge in [0.2, 0.25) is 0 Å². The normalized spacial score (nSPS) is 21.0. The first kappa shape index (κ1) is 14.9. The highest BCUT2D eigenvalue weighted by atomic mass is 16.5. The van der Waals surface area contributed by atoms with E-state index in [0.29, 0.717) is 6.54 Å². The molecule has 0 bridgehead atoms. The summed E-state index contributed by atoms with van der Waals surface area (Å²) in [6, 6.07) is 0. The summed E-state index contributed by atoms with van der Waals surface area (Å²) in [6.07, 6.45) is 2.84. The van der Waals surface area contributed by atoms with Crippen molar-refractivity contribution in [2.45, 2.75) is 25.9 Å². The molecule has 102 valence electrons. The summed E-state index contributed by atoms with van der Waals surface area (Å²) < 4.78 is 5.61. The van der Waals surface area contributed by atoms with Gasteiger partial charge in [-0.1, -0.05) is 0 Å². The molecule has 0 aromatic carbocycles. The van der Waals surface area contributed by atoms with Crippen LogP contribution in [0.15, 0.2) is 0 Å². The molecule has 4 nitrogen and oxygen atoms in total. The van der Waals surface area contributed by atoms with Crippen LogP contribution in [-0.2, 0) is 4.74 Å². The Balaban J connectivity index is 2.06. The van der Waals surface area contributed by atoms with E-state index in [9.17, 15) is 0 Å². The number of nitrogens with two attached hydrogens (primary N) is 1. The first-order valence-corrected chi connectivity index (χ1v) is 6.80. The predicted molar refractivity (Wildman–Crippen MR) is 72.2 cm³/mol. The molecule has 1 aliphatic heterocycles. The highest BCUT2D eigenvalue weighted by Crippen LogP contribution is 2.17. The van der Waals surface area contributed by atoms with Crippen LogP contribution in [0.4, 0.5) is 0 Å². The van der Waals surface area contributed by atoms with Crippen LogP contribution in [0.1, 0.15) is 19.8 Å². The van der Waals surface area contributed by atoms with Crippen LogP contribution in [-0.4, -0.2) is 69.3 Å². The maximum absolute atomic E-state index is 5.61. The maximum atomic E-state index is 5.61. The van der Waals surface area contributed by atoms with Crippen LogP contribution in [0, 0.1) is 5.92 Å². The fourth-order valence-corrected chi connectivity index (χ4v) is 2.36. The lowest BCUT2D eigenvalue weighted by atomic mass is 9.96. The lowest BCUT2D eigenvalue weighted by molar-refractivity contribution is 0.0446. The Hall–Kier alpha value is -0.160.